The highest BCUT2D eigenvalue weighted by atomic mass is 32.1. The summed E-state index contributed by atoms with van der Waals surface area (Å²) in [7, 11) is 3.53. The molecule has 4 aromatic rings. The topological polar surface area (TPSA) is 52.7 Å². The average Bonchev–Trinajstić information content (AvgIpc) is 3.24. The molecule has 7 heteroatoms. The van der Waals surface area contributed by atoms with E-state index in [1.165, 1.54) is 16.7 Å². The Morgan fingerprint density at radius 1 is 1.06 bits per heavy atom. The number of ether oxygens (including phenoxy) is 2. The lowest BCUT2D eigenvalue weighted by Crippen LogP contribution is -2.19. The molecule has 0 aliphatic carbocycles. The summed E-state index contributed by atoms with van der Waals surface area (Å²) < 4.78 is 15.6. The Balaban J connectivity index is 1.61. The van der Waals surface area contributed by atoms with E-state index in [1.54, 1.807) is 7.11 Å². The third kappa shape index (κ3) is 3.52. The van der Waals surface area contributed by atoms with Gasteiger partial charge < -0.3 is 19.4 Å². The summed E-state index contributed by atoms with van der Waals surface area (Å²) >= 11 is 5.75. The van der Waals surface area contributed by atoms with Crippen LogP contribution in [0.25, 0.3) is 16.8 Å². The number of nitrogens with zero attached hydrogens (tertiary/aromatic N) is 3. The normalized spacial score (nSPS) is 13.1. The first-order valence-corrected chi connectivity index (χ1v) is 11.3. The highest BCUT2D eigenvalue weighted by Crippen LogP contribution is 2.36. The van der Waals surface area contributed by atoms with Gasteiger partial charge in [0.15, 0.2) is 5.82 Å². The lowest BCUT2D eigenvalue weighted by atomic mass is 9.98. The van der Waals surface area contributed by atoms with Gasteiger partial charge in [0, 0.05) is 24.7 Å². The van der Waals surface area contributed by atoms with Crippen LogP contribution in [-0.2, 0) is 19.6 Å². The minimum Gasteiger partial charge on any atom is -0.497 e. The van der Waals surface area contributed by atoms with Crippen LogP contribution in [0.3, 0.4) is 0 Å². The van der Waals surface area contributed by atoms with Crippen molar-refractivity contribution >= 4 is 22.9 Å². The minimum absolute atomic E-state index is 0.389. The molecule has 1 N–H and O–H groups in total. The van der Waals surface area contributed by atoms with Gasteiger partial charge in [-0.25, -0.2) is 4.52 Å². The van der Waals surface area contributed by atoms with Gasteiger partial charge in [-0.15, -0.1) is 5.10 Å². The van der Waals surface area contributed by atoms with Gasteiger partial charge in [0.05, 0.1) is 7.11 Å². The maximum absolute atomic E-state index is 6.08. The molecule has 0 saturated carbocycles. The van der Waals surface area contributed by atoms with Crippen molar-refractivity contribution in [3.05, 3.63) is 71.7 Å². The summed E-state index contributed by atoms with van der Waals surface area (Å²) in [4.78, 5) is 0.693. The van der Waals surface area contributed by atoms with E-state index in [9.17, 15) is 0 Å². The molecule has 0 atom stereocenters. The lowest BCUT2D eigenvalue weighted by molar-refractivity contribution is 0.288. The number of benzene rings is 2. The zero-order valence-corrected chi connectivity index (χ0v) is 19.1. The van der Waals surface area contributed by atoms with Crippen molar-refractivity contribution in [3.63, 3.8) is 0 Å². The van der Waals surface area contributed by atoms with E-state index < -0.39 is 0 Å². The first-order valence-electron chi connectivity index (χ1n) is 10.9. The van der Waals surface area contributed by atoms with Gasteiger partial charge in [-0.2, -0.15) is 0 Å². The molecule has 3 heterocycles. The second kappa shape index (κ2) is 8.67. The van der Waals surface area contributed by atoms with Crippen LogP contribution in [0.15, 0.2) is 54.6 Å². The van der Waals surface area contributed by atoms with Crippen molar-refractivity contribution in [2.45, 2.75) is 32.4 Å². The molecule has 5 rings (SSSR count). The van der Waals surface area contributed by atoms with Gasteiger partial charge in [0.2, 0.25) is 0 Å². The Bertz CT molecular complexity index is 1260. The van der Waals surface area contributed by atoms with Crippen LogP contribution < -0.4 is 14.8 Å². The maximum Gasteiger partial charge on any atom is 0.169 e. The van der Waals surface area contributed by atoms with Crippen LogP contribution in [0.5, 0.6) is 11.5 Å². The molecule has 0 amide bonds. The SMILES string of the molecule is CNC(=S)c1c(-c2ccccc2)c2c3n(c(COc4ccc(OC)cc4)nn13)CCCC2. The highest BCUT2D eigenvalue weighted by Gasteiger charge is 2.28. The van der Waals surface area contributed by atoms with Crippen molar-refractivity contribution in [2.75, 3.05) is 14.2 Å². The Hall–Kier alpha value is -3.32. The molecule has 0 saturated heterocycles. The molecular weight excluding hydrogens is 420 g/mol. The van der Waals surface area contributed by atoms with E-state index in [-0.39, 0.29) is 0 Å². The predicted molar refractivity (Wildman–Crippen MR) is 130 cm³/mol. The Morgan fingerprint density at radius 2 is 1.81 bits per heavy atom. The molecule has 1 aliphatic rings. The number of aryl methyl sites for hydroxylation is 2. The van der Waals surface area contributed by atoms with Gasteiger partial charge in [-0.1, -0.05) is 42.5 Å². The summed E-state index contributed by atoms with van der Waals surface area (Å²) in [6, 6.07) is 18.1. The molecule has 2 aromatic carbocycles. The quantitative estimate of drug-likeness (QED) is 0.438. The van der Waals surface area contributed by atoms with Gasteiger partial charge in [-0.05, 0) is 49.1 Å². The number of hydrogen-bond donors (Lipinski definition) is 1. The summed E-state index contributed by atoms with van der Waals surface area (Å²) in [5.74, 6) is 2.50. The molecule has 0 radical (unpaired) electrons. The van der Waals surface area contributed by atoms with Crippen LogP contribution >= 0.6 is 12.2 Å². The average molecular weight is 447 g/mol. The molecule has 0 fully saturated rings. The van der Waals surface area contributed by atoms with Crippen molar-refractivity contribution < 1.29 is 9.47 Å². The van der Waals surface area contributed by atoms with Gasteiger partial charge in [-0.3, -0.25) is 0 Å². The zero-order valence-electron chi connectivity index (χ0n) is 18.3. The van der Waals surface area contributed by atoms with Crippen LogP contribution in [-0.4, -0.2) is 33.3 Å². The Labute approximate surface area is 192 Å². The van der Waals surface area contributed by atoms with E-state index >= 15 is 0 Å². The number of methoxy groups -OCH3 is 1. The van der Waals surface area contributed by atoms with Crippen LogP contribution in [0, 0.1) is 0 Å². The monoisotopic (exact) mass is 446 g/mol. The molecule has 2 aromatic heterocycles. The maximum atomic E-state index is 6.08. The molecule has 0 unspecified atom stereocenters. The van der Waals surface area contributed by atoms with Crippen LogP contribution in [0.4, 0.5) is 0 Å². The number of aromatic nitrogens is 3. The van der Waals surface area contributed by atoms with Crippen LogP contribution in [0.1, 0.15) is 29.9 Å². The number of thiocarbonyl (C=S) groups is 1. The number of rotatable bonds is 6. The number of nitrogens with one attached hydrogen (secondary N) is 1. The summed E-state index contributed by atoms with van der Waals surface area (Å²) in [5.41, 5.74) is 5.74. The second-order valence-electron chi connectivity index (χ2n) is 7.87. The predicted octanol–water partition coefficient (Wildman–Crippen LogP) is 4.62. The Kier molecular flexibility index (Phi) is 5.57. The molecule has 1 aliphatic heterocycles. The van der Waals surface area contributed by atoms with E-state index in [0.29, 0.717) is 11.6 Å². The summed E-state index contributed by atoms with van der Waals surface area (Å²) in [6.45, 7) is 1.31. The van der Waals surface area contributed by atoms with Gasteiger partial charge >= 0.3 is 0 Å². The van der Waals surface area contributed by atoms with Gasteiger partial charge in [0.25, 0.3) is 0 Å². The lowest BCUT2D eigenvalue weighted by Gasteiger charge is -2.10. The molecule has 164 valence electrons. The van der Waals surface area contributed by atoms with Crippen molar-refractivity contribution in [3.8, 4) is 22.6 Å². The zero-order chi connectivity index (χ0) is 22.1. The first-order chi connectivity index (χ1) is 15.7. The fraction of sp³-hybridized carbons (Fsp3) is 0.280. The first kappa shape index (κ1) is 20.6. The third-order valence-corrected chi connectivity index (χ3v) is 6.39. The van der Waals surface area contributed by atoms with E-state index in [0.717, 1.165) is 54.5 Å². The Morgan fingerprint density at radius 3 is 2.53 bits per heavy atom. The standard InChI is InChI=1S/C25H26N4O2S/c1-26-24(32)23-22(17-8-4-3-5-9-17)20-10-6-7-15-28-21(27-29(23)25(20)28)16-31-19-13-11-18(30-2)12-14-19/h3-5,8-9,11-14H,6-7,10,15-16H2,1-2H3,(H,26,32). The smallest absolute Gasteiger partial charge is 0.169 e. The molecule has 32 heavy (non-hydrogen) atoms. The van der Waals surface area contributed by atoms with Gasteiger partial charge in [0.1, 0.15) is 34.4 Å². The van der Waals surface area contributed by atoms with E-state index in [1.807, 2.05) is 41.9 Å². The molecule has 6 nitrogen and oxygen atoms in total. The second-order valence-corrected chi connectivity index (χ2v) is 8.28. The number of hydrogen-bond acceptors (Lipinski definition) is 4. The molecule has 0 spiro atoms. The fourth-order valence-corrected chi connectivity index (χ4v) is 4.66. The van der Waals surface area contributed by atoms with Crippen LogP contribution in [0.2, 0.25) is 0 Å². The minimum atomic E-state index is 0.389. The van der Waals surface area contributed by atoms with Crippen molar-refractivity contribution in [2.24, 2.45) is 0 Å². The molecular formula is C25H26N4O2S. The third-order valence-electron chi connectivity index (χ3n) is 5.99. The highest BCUT2D eigenvalue weighted by molar-refractivity contribution is 7.80. The van der Waals surface area contributed by atoms with Crippen molar-refractivity contribution in [1.82, 2.24) is 19.5 Å². The largest absolute Gasteiger partial charge is 0.497 e. The van der Waals surface area contributed by atoms with E-state index in [4.69, 9.17) is 26.8 Å². The summed E-state index contributed by atoms with van der Waals surface area (Å²) in [5, 5.41) is 8.17. The fourth-order valence-electron chi connectivity index (χ4n) is 4.47. The summed E-state index contributed by atoms with van der Waals surface area (Å²) in [6.07, 6.45) is 3.24. The van der Waals surface area contributed by atoms with E-state index in [2.05, 4.69) is 34.1 Å². The van der Waals surface area contributed by atoms with Crippen molar-refractivity contribution in [1.29, 1.82) is 0 Å². The molecule has 0 bridgehead atoms.